The van der Waals surface area contributed by atoms with E-state index in [1.54, 1.807) is 17.0 Å². The molecule has 2 aliphatic rings. The predicted octanol–water partition coefficient (Wildman–Crippen LogP) is 4.54. The maximum Gasteiger partial charge on any atom is 0.437 e. The van der Waals surface area contributed by atoms with E-state index in [1.165, 1.54) is 28.7 Å². The maximum atomic E-state index is 14.2. The van der Waals surface area contributed by atoms with Crippen molar-refractivity contribution in [2.24, 2.45) is 0 Å². The first-order chi connectivity index (χ1) is 19.5. The van der Waals surface area contributed by atoms with Gasteiger partial charge in [-0.2, -0.15) is 22.5 Å². The molecule has 0 bridgehead atoms. The van der Waals surface area contributed by atoms with Gasteiger partial charge in [-0.15, -0.1) is 0 Å². The zero-order valence-electron chi connectivity index (χ0n) is 22.1. The highest BCUT2D eigenvalue weighted by atomic mass is 32.2. The van der Waals surface area contributed by atoms with E-state index < -0.39 is 39.3 Å². The summed E-state index contributed by atoms with van der Waals surface area (Å²) < 4.78 is 87.7. The van der Waals surface area contributed by atoms with Crippen molar-refractivity contribution in [1.82, 2.24) is 14.3 Å². The number of Topliss-reactive ketones (excluding diaryl/α,β-unsaturated/α-hetero) is 1. The van der Waals surface area contributed by atoms with Crippen LogP contribution < -0.4 is 9.80 Å². The summed E-state index contributed by atoms with van der Waals surface area (Å²) in [6.45, 7) is 2.13. The van der Waals surface area contributed by atoms with Crippen LogP contribution in [0.5, 0.6) is 0 Å². The van der Waals surface area contributed by atoms with E-state index in [0.717, 1.165) is 25.3 Å². The SMILES string of the molecule is O=C(Cc1ccc(N2CCCN(S(=O)(=O)c3ccccc3F)CC2)nc1)c1oc(N2CCCCC2)nc1C(F)(F)F. The van der Waals surface area contributed by atoms with Gasteiger partial charge in [0.1, 0.15) is 16.5 Å². The van der Waals surface area contributed by atoms with E-state index in [9.17, 15) is 30.8 Å². The first-order valence-electron chi connectivity index (χ1n) is 13.3. The van der Waals surface area contributed by atoms with Crippen molar-refractivity contribution in [2.45, 2.75) is 43.2 Å². The van der Waals surface area contributed by atoms with Crippen LogP contribution in [0.25, 0.3) is 0 Å². The Bertz CT molecular complexity index is 1490. The van der Waals surface area contributed by atoms with Gasteiger partial charge in [0, 0.05) is 51.9 Å². The van der Waals surface area contributed by atoms with Gasteiger partial charge in [-0.25, -0.2) is 17.8 Å². The number of pyridine rings is 1. The Balaban J connectivity index is 1.26. The number of hydrogen-bond donors (Lipinski definition) is 0. The molecule has 2 saturated heterocycles. The van der Waals surface area contributed by atoms with E-state index in [-0.39, 0.29) is 30.4 Å². The summed E-state index contributed by atoms with van der Waals surface area (Å²) in [7, 11) is -4.01. The number of sulfonamides is 1. The molecule has 0 saturated carbocycles. The largest absolute Gasteiger partial charge is 0.437 e. The van der Waals surface area contributed by atoms with Crippen LogP contribution in [0.15, 0.2) is 51.9 Å². The molecule has 0 spiro atoms. The molecule has 0 aliphatic carbocycles. The van der Waals surface area contributed by atoms with E-state index in [0.29, 0.717) is 44.0 Å². The van der Waals surface area contributed by atoms with Crippen LogP contribution in [0.1, 0.15) is 47.5 Å². The highest BCUT2D eigenvalue weighted by Crippen LogP contribution is 2.35. The number of piperidine rings is 1. The summed E-state index contributed by atoms with van der Waals surface area (Å²) >= 11 is 0. The Morgan fingerprint density at radius 3 is 2.32 bits per heavy atom. The van der Waals surface area contributed by atoms with Crippen LogP contribution in [0, 0.1) is 5.82 Å². The molecular weight excluding hydrogens is 566 g/mol. The number of benzene rings is 1. The summed E-state index contributed by atoms with van der Waals surface area (Å²) in [5.74, 6) is -1.96. The van der Waals surface area contributed by atoms with Gasteiger partial charge in [0.15, 0.2) is 5.69 Å². The number of ketones is 1. The van der Waals surface area contributed by atoms with Crippen molar-refractivity contribution < 1.29 is 35.2 Å². The Labute approximate surface area is 234 Å². The first-order valence-corrected chi connectivity index (χ1v) is 14.8. The van der Waals surface area contributed by atoms with Crippen LogP contribution in [0.3, 0.4) is 0 Å². The van der Waals surface area contributed by atoms with Crippen molar-refractivity contribution in [3.63, 3.8) is 0 Å². The van der Waals surface area contributed by atoms with Gasteiger partial charge in [0.2, 0.25) is 21.6 Å². The lowest BCUT2D eigenvalue weighted by molar-refractivity contribution is -0.141. The third-order valence-corrected chi connectivity index (χ3v) is 9.10. The van der Waals surface area contributed by atoms with Gasteiger partial charge < -0.3 is 14.2 Å². The normalized spacial score (nSPS) is 17.5. The van der Waals surface area contributed by atoms with Crippen LogP contribution >= 0.6 is 0 Å². The smallest absolute Gasteiger partial charge is 0.420 e. The molecule has 2 aromatic heterocycles. The van der Waals surface area contributed by atoms with Gasteiger partial charge in [-0.3, -0.25) is 4.79 Å². The Hall–Kier alpha value is -3.52. The number of alkyl halides is 3. The molecule has 41 heavy (non-hydrogen) atoms. The van der Waals surface area contributed by atoms with Crippen LogP contribution in [0.4, 0.5) is 29.4 Å². The summed E-state index contributed by atoms with van der Waals surface area (Å²) in [5.41, 5.74) is -0.937. The number of carbonyl (C=O) groups is 1. The molecule has 2 aliphatic heterocycles. The molecule has 5 rings (SSSR count). The molecule has 9 nitrogen and oxygen atoms in total. The number of hydrogen-bond acceptors (Lipinski definition) is 8. The number of rotatable bonds is 7. The van der Waals surface area contributed by atoms with Crippen molar-refractivity contribution in [2.75, 3.05) is 49.1 Å². The van der Waals surface area contributed by atoms with E-state index in [4.69, 9.17) is 4.42 Å². The molecular formula is C27H29F4N5O4S. The third-order valence-electron chi connectivity index (χ3n) is 7.17. The molecule has 2 fully saturated rings. The number of oxazole rings is 1. The van der Waals surface area contributed by atoms with Gasteiger partial charge in [-0.05, 0) is 49.4 Å². The molecule has 0 amide bonds. The third kappa shape index (κ3) is 6.38. The standard InChI is InChI=1S/C27H29F4N5O4S/c28-20-7-2-3-8-22(20)41(38,39)36-14-6-13-34(15-16-36)23-10-9-19(18-32-23)17-21(37)24-25(27(29,30)31)33-26(40-24)35-11-4-1-5-12-35/h2-3,7-10,18H,1,4-6,11-17H2. The minimum Gasteiger partial charge on any atom is -0.420 e. The zero-order chi connectivity index (χ0) is 29.2. The Morgan fingerprint density at radius 1 is 0.902 bits per heavy atom. The highest BCUT2D eigenvalue weighted by Gasteiger charge is 2.42. The highest BCUT2D eigenvalue weighted by molar-refractivity contribution is 7.89. The van der Waals surface area contributed by atoms with E-state index in [1.807, 2.05) is 4.90 Å². The monoisotopic (exact) mass is 595 g/mol. The molecule has 4 heterocycles. The first kappa shape index (κ1) is 29.0. The maximum absolute atomic E-state index is 14.2. The summed E-state index contributed by atoms with van der Waals surface area (Å²) in [4.78, 5) is 24.0. The molecule has 220 valence electrons. The van der Waals surface area contributed by atoms with Crippen LogP contribution in [-0.4, -0.2) is 67.7 Å². The summed E-state index contributed by atoms with van der Waals surface area (Å²) in [5, 5.41) is 0. The summed E-state index contributed by atoms with van der Waals surface area (Å²) in [6, 6.07) is 8.27. The van der Waals surface area contributed by atoms with Gasteiger partial charge in [-0.1, -0.05) is 18.2 Å². The molecule has 0 unspecified atom stereocenters. The lowest BCUT2D eigenvalue weighted by atomic mass is 10.1. The second kappa shape index (κ2) is 11.8. The van der Waals surface area contributed by atoms with Crippen LogP contribution in [0.2, 0.25) is 0 Å². The quantitative estimate of drug-likeness (QED) is 0.290. The molecule has 14 heteroatoms. The van der Waals surface area contributed by atoms with Gasteiger partial charge in [0.25, 0.3) is 6.01 Å². The number of aromatic nitrogens is 2. The molecule has 0 radical (unpaired) electrons. The number of halogens is 4. The minimum absolute atomic E-state index is 0.115. The zero-order valence-corrected chi connectivity index (χ0v) is 22.9. The Morgan fingerprint density at radius 2 is 1.63 bits per heavy atom. The molecule has 3 aromatic rings. The topological polar surface area (TPSA) is 99.9 Å². The number of nitrogens with zero attached hydrogens (tertiary/aromatic N) is 5. The van der Waals surface area contributed by atoms with Crippen molar-refractivity contribution in [3.8, 4) is 0 Å². The van der Waals surface area contributed by atoms with Crippen molar-refractivity contribution >= 4 is 27.6 Å². The van der Waals surface area contributed by atoms with E-state index >= 15 is 0 Å². The van der Waals surface area contributed by atoms with Crippen LogP contribution in [-0.2, 0) is 22.6 Å². The second-order valence-electron chi connectivity index (χ2n) is 10.0. The lowest BCUT2D eigenvalue weighted by Gasteiger charge is -2.24. The lowest BCUT2D eigenvalue weighted by Crippen LogP contribution is -2.35. The van der Waals surface area contributed by atoms with Gasteiger partial charge in [0.05, 0.1) is 0 Å². The molecule has 0 N–H and O–H groups in total. The van der Waals surface area contributed by atoms with Gasteiger partial charge >= 0.3 is 6.18 Å². The fourth-order valence-corrected chi connectivity index (χ4v) is 6.58. The van der Waals surface area contributed by atoms with Crippen molar-refractivity contribution in [1.29, 1.82) is 0 Å². The summed E-state index contributed by atoms with van der Waals surface area (Å²) in [6.07, 6.45) is -0.740. The average molecular weight is 596 g/mol. The average Bonchev–Trinajstić information content (AvgIpc) is 3.27. The molecule has 1 aromatic carbocycles. The Kier molecular flexibility index (Phi) is 8.32. The van der Waals surface area contributed by atoms with E-state index in [2.05, 4.69) is 9.97 Å². The second-order valence-corrected chi connectivity index (χ2v) is 11.9. The fraction of sp³-hybridized carbons (Fsp3) is 0.444. The number of carbonyl (C=O) groups excluding carboxylic acids is 1. The molecule has 0 atom stereocenters. The van der Waals surface area contributed by atoms with Crippen molar-refractivity contribution in [3.05, 3.63) is 65.4 Å². The predicted molar refractivity (Wildman–Crippen MR) is 142 cm³/mol. The fourth-order valence-electron chi connectivity index (χ4n) is 5.04. The minimum atomic E-state index is -4.84. The number of anilines is 2.